The fourth-order valence-electron chi connectivity index (χ4n) is 3.08. The van der Waals surface area contributed by atoms with E-state index in [0.717, 1.165) is 11.3 Å². The molecule has 6 nitrogen and oxygen atoms in total. The van der Waals surface area contributed by atoms with Gasteiger partial charge in [0.1, 0.15) is 5.75 Å². The van der Waals surface area contributed by atoms with E-state index in [1.54, 1.807) is 24.1 Å². The molecule has 1 aliphatic heterocycles. The molecule has 0 radical (unpaired) electrons. The van der Waals surface area contributed by atoms with Crippen LogP contribution < -0.4 is 9.64 Å². The zero-order chi connectivity index (χ0) is 18.1. The van der Waals surface area contributed by atoms with Crippen LogP contribution in [-0.4, -0.2) is 29.7 Å². The summed E-state index contributed by atoms with van der Waals surface area (Å²) in [5, 5.41) is 4.68. The lowest BCUT2D eigenvalue weighted by atomic mass is 10.1. The number of carbonyl (C=O) groups is 1. The van der Waals surface area contributed by atoms with Crippen LogP contribution in [0.3, 0.4) is 0 Å². The van der Waals surface area contributed by atoms with E-state index in [0.29, 0.717) is 35.5 Å². The van der Waals surface area contributed by atoms with E-state index in [2.05, 4.69) is 10.1 Å². The smallest absolute Gasteiger partial charge is 0.232 e. The molecule has 26 heavy (non-hydrogen) atoms. The third-order valence-electron chi connectivity index (χ3n) is 4.39. The number of aromatic nitrogens is 2. The highest BCUT2D eigenvalue weighted by Crippen LogP contribution is 2.36. The molecule has 3 aromatic rings. The van der Waals surface area contributed by atoms with E-state index in [-0.39, 0.29) is 11.8 Å². The maximum atomic E-state index is 12.5. The minimum atomic E-state index is -0.152. The van der Waals surface area contributed by atoms with Gasteiger partial charge in [0.05, 0.1) is 18.7 Å². The molecule has 0 bridgehead atoms. The summed E-state index contributed by atoms with van der Waals surface area (Å²) in [6.45, 7) is 0.474. The summed E-state index contributed by atoms with van der Waals surface area (Å²) in [5.41, 5.74) is 1.57. The minimum absolute atomic E-state index is 0.00532. The molecule has 1 aromatic heterocycles. The number of nitrogens with zero attached hydrogens (tertiary/aromatic N) is 3. The summed E-state index contributed by atoms with van der Waals surface area (Å²) in [6, 6.07) is 14.7. The zero-order valence-electron chi connectivity index (χ0n) is 14.1. The van der Waals surface area contributed by atoms with E-state index < -0.39 is 0 Å². The van der Waals surface area contributed by atoms with Gasteiger partial charge in [-0.15, -0.1) is 0 Å². The molecular formula is C19H16ClN3O3. The van der Waals surface area contributed by atoms with Crippen LogP contribution in [0.4, 0.5) is 5.69 Å². The number of anilines is 1. The summed E-state index contributed by atoms with van der Waals surface area (Å²) in [7, 11) is 1.59. The van der Waals surface area contributed by atoms with Gasteiger partial charge in [0.2, 0.25) is 17.6 Å². The van der Waals surface area contributed by atoms with E-state index in [9.17, 15) is 4.79 Å². The number of methoxy groups -OCH3 is 1. The quantitative estimate of drug-likeness (QED) is 0.697. The SMILES string of the molecule is COc1ccccc1N1CC(c2nc(-c3ccc(Cl)cc3)no2)CC1=O. The van der Waals surface area contributed by atoms with Crippen molar-refractivity contribution in [3.63, 3.8) is 0 Å². The molecule has 7 heteroatoms. The van der Waals surface area contributed by atoms with Crippen LogP contribution in [-0.2, 0) is 4.79 Å². The van der Waals surface area contributed by atoms with E-state index in [1.807, 2.05) is 36.4 Å². The summed E-state index contributed by atoms with van der Waals surface area (Å²) >= 11 is 5.91. The molecule has 1 amide bonds. The van der Waals surface area contributed by atoms with Crippen LogP contribution >= 0.6 is 11.6 Å². The molecule has 1 fully saturated rings. The highest BCUT2D eigenvalue weighted by Gasteiger charge is 2.36. The van der Waals surface area contributed by atoms with Crippen LogP contribution in [0.2, 0.25) is 5.02 Å². The summed E-state index contributed by atoms with van der Waals surface area (Å²) in [6.07, 6.45) is 0.320. The topological polar surface area (TPSA) is 68.5 Å². The molecule has 2 aromatic carbocycles. The number of ether oxygens (including phenoxy) is 1. The number of amides is 1. The van der Waals surface area contributed by atoms with Crippen molar-refractivity contribution >= 4 is 23.2 Å². The average Bonchev–Trinajstić information content (AvgIpc) is 3.29. The van der Waals surface area contributed by atoms with Gasteiger partial charge >= 0.3 is 0 Å². The molecule has 4 rings (SSSR count). The Kier molecular flexibility index (Phi) is 4.34. The van der Waals surface area contributed by atoms with E-state index >= 15 is 0 Å². The summed E-state index contributed by atoms with van der Waals surface area (Å²) < 4.78 is 10.8. The monoisotopic (exact) mass is 369 g/mol. The van der Waals surface area contributed by atoms with Crippen molar-refractivity contribution in [1.82, 2.24) is 10.1 Å². The third-order valence-corrected chi connectivity index (χ3v) is 4.65. The van der Waals surface area contributed by atoms with Crippen molar-refractivity contribution in [1.29, 1.82) is 0 Å². The van der Waals surface area contributed by atoms with Gasteiger partial charge in [-0.25, -0.2) is 0 Å². The molecular weight excluding hydrogens is 354 g/mol. The lowest BCUT2D eigenvalue weighted by Gasteiger charge is -2.18. The first-order chi connectivity index (χ1) is 12.7. The molecule has 1 unspecified atom stereocenters. The fourth-order valence-corrected chi connectivity index (χ4v) is 3.20. The van der Waals surface area contributed by atoms with Gasteiger partial charge in [0.25, 0.3) is 0 Å². The van der Waals surface area contributed by atoms with Crippen molar-refractivity contribution in [3.05, 3.63) is 59.4 Å². The molecule has 0 spiro atoms. The highest BCUT2D eigenvalue weighted by atomic mass is 35.5. The number of halogens is 1. The molecule has 1 saturated heterocycles. The lowest BCUT2D eigenvalue weighted by molar-refractivity contribution is -0.117. The Morgan fingerprint density at radius 1 is 1.19 bits per heavy atom. The largest absolute Gasteiger partial charge is 0.495 e. The van der Waals surface area contributed by atoms with Gasteiger partial charge in [-0.3, -0.25) is 4.79 Å². The summed E-state index contributed by atoms with van der Waals surface area (Å²) in [4.78, 5) is 18.7. The maximum Gasteiger partial charge on any atom is 0.232 e. The number of para-hydroxylation sites is 2. The van der Waals surface area contributed by atoms with Gasteiger partial charge < -0.3 is 14.2 Å². The number of benzene rings is 2. The zero-order valence-corrected chi connectivity index (χ0v) is 14.8. The molecule has 0 aliphatic carbocycles. The first-order valence-corrected chi connectivity index (χ1v) is 8.56. The number of carbonyl (C=O) groups excluding carboxylic acids is 1. The van der Waals surface area contributed by atoms with Crippen LogP contribution in [0, 0.1) is 0 Å². The van der Waals surface area contributed by atoms with E-state index in [1.165, 1.54) is 0 Å². The van der Waals surface area contributed by atoms with Crippen LogP contribution in [0.1, 0.15) is 18.2 Å². The van der Waals surface area contributed by atoms with Crippen molar-refractivity contribution < 1.29 is 14.1 Å². The maximum absolute atomic E-state index is 12.5. The van der Waals surface area contributed by atoms with Gasteiger partial charge in [-0.2, -0.15) is 4.98 Å². The predicted molar refractivity (Wildman–Crippen MR) is 97.4 cm³/mol. The molecule has 1 atom stereocenters. The lowest BCUT2D eigenvalue weighted by Crippen LogP contribution is -2.24. The van der Waals surface area contributed by atoms with Gasteiger partial charge in [0, 0.05) is 23.6 Å². The Morgan fingerprint density at radius 2 is 1.96 bits per heavy atom. The second-order valence-corrected chi connectivity index (χ2v) is 6.48. The van der Waals surface area contributed by atoms with Crippen LogP contribution in [0.25, 0.3) is 11.4 Å². The van der Waals surface area contributed by atoms with Crippen molar-refractivity contribution in [2.24, 2.45) is 0 Å². The Balaban J connectivity index is 1.57. The molecule has 2 heterocycles. The molecule has 1 aliphatic rings. The van der Waals surface area contributed by atoms with Gasteiger partial charge in [-0.1, -0.05) is 28.9 Å². The Morgan fingerprint density at radius 3 is 2.73 bits per heavy atom. The molecule has 0 N–H and O–H groups in total. The molecule has 132 valence electrons. The predicted octanol–water partition coefficient (Wildman–Crippen LogP) is 3.92. The Bertz CT molecular complexity index is 939. The van der Waals surface area contributed by atoms with Crippen LogP contribution in [0.5, 0.6) is 5.75 Å². The fraction of sp³-hybridized carbons (Fsp3) is 0.211. The van der Waals surface area contributed by atoms with E-state index in [4.69, 9.17) is 20.9 Å². The second-order valence-electron chi connectivity index (χ2n) is 6.04. The third kappa shape index (κ3) is 3.04. The second kappa shape index (κ2) is 6.80. The first kappa shape index (κ1) is 16.6. The van der Waals surface area contributed by atoms with Crippen molar-refractivity contribution in [2.45, 2.75) is 12.3 Å². The normalized spacial score (nSPS) is 16.9. The van der Waals surface area contributed by atoms with Crippen molar-refractivity contribution in [2.75, 3.05) is 18.6 Å². The number of hydrogen-bond acceptors (Lipinski definition) is 5. The minimum Gasteiger partial charge on any atom is -0.495 e. The summed E-state index contributed by atoms with van der Waals surface area (Å²) in [5.74, 6) is 1.46. The Labute approximate surface area is 155 Å². The van der Waals surface area contributed by atoms with Crippen LogP contribution in [0.15, 0.2) is 53.1 Å². The number of rotatable bonds is 4. The highest BCUT2D eigenvalue weighted by molar-refractivity contribution is 6.30. The average molecular weight is 370 g/mol. The van der Waals surface area contributed by atoms with Gasteiger partial charge in [-0.05, 0) is 36.4 Å². The first-order valence-electron chi connectivity index (χ1n) is 8.18. The van der Waals surface area contributed by atoms with Crippen molar-refractivity contribution in [3.8, 4) is 17.1 Å². The standard InChI is InChI=1S/C19H16ClN3O3/c1-25-16-5-3-2-4-15(16)23-11-13(10-17(23)24)19-21-18(22-26-19)12-6-8-14(20)9-7-12/h2-9,13H,10-11H2,1H3. The number of hydrogen-bond donors (Lipinski definition) is 0. The van der Waals surface area contributed by atoms with Gasteiger partial charge in [0.15, 0.2) is 0 Å². The Hall–Kier alpha value is -2.86. The molecule has 0 saturated carbocycles.